The van der Waals surface area contributed by atoms with Gasteiger partial charge in [-0.05, 0) is 29.3 Å². The minimum absolute atomic E-state index is 1.02. The van der Waals surface area contributed by atoms with Crippen LogP contribution in [0.25, 0.3) is 11.8 Å². The molecule has 0 spiro atoms. The Morgan fingerprint density at radius 3 is 2.26 bits per heavy atom. The Bertz CT molecular complexity index is 830. The molecule has 2 heterocycles. The number of nitrogens with zero attached hydrogens (tertiary/aromatic N) is 4. The Hall–Kier alpha value is -2.69. The molecule has 138 valence electrons. The molecule has 1 aliphatic heterocycles. The van der Waals surface area contributed by atoms with E-state index < -0.39 is 0 Å². The van der Waals surface area contributed by atoms with Crippen LogP contribution in [-0.4, -0.2) is 52.3 Å². The van der Waals surface area contributed by atoms with E-state index in [1.54, 1.807) is 0 Å². The van der Waals surface area contributed by atoms with Crippen LogP contribution in [-0.2, 0) is 6.54 Å². The highest BCUT2D eigenvalue weighted by Crippen LogP contribution is 2.12. The zero-order chi connectivity index (χ0) is 18.3. The van der Waals surface area contributed by atoms with Crippen LogP contribution in [0.1, 0.15) is 11.1 Å². The number of aromatic nitrogens is 2. The number of piperazine rings is 1. The Balaban J connectivity index is 1.23. The molecule has 4 nitrogen and oxygen atoms in total. The summed E-state index contributed by atoms with van der Waals surface area (Å²) < 4.78 is 1.89. The number of hydrogen-bond donors (Lipinski definition) is 0. The molecule has 1 aliphatic rings. The topological polar surface area (TPSA) is 24.3 Å². The molecule has 0 amide bonds. The summed E-state index contributed by atoms with van der Waals surface area (Å²) in [7, 11) is 0. The zero-order valence-corrected chi connectivity index (χ0v) is 15.6. The maximum absolute atomic E-state index is 4.28. The Morgan fingerprint density at radius 2 is 1.56 bits per heavy atom. The van der Waals surface area contributed by atoms with Gasteiger partial charge in [-0.1, -0.05) is 54.6 Å². The average Bonchev–Trinajstić information content (AvgIpc) is 3.26. The summed E-state index contributed by atoms with van der Waals surface area (Å²) in [5.74, 6) is 0. The van der Waals surface area contributed by atoms with Gasteiger partial charge in [0.2, 0.25) is 0 Å². The highest BCUT2D eigenvalue weighted by Gasteiger charge is 2.15. The monoisotopic (exact) mass is 358 g/mol. The van der Waals surface area contributed by atoms with E-state index in [1.165, 1.54) is 11.1 Å². The van der Waals surface area contributed by atoms with E-state index >= 15 is 0 Å². The van der Waals surface area contributed by atoms with Crippen LogP contribution in [0.3, 0.4) is 0 Å². The highest BCUT2D eigenvalue weighted by atomic mass is 15.3. The lowest BCUT2D eigenvalue weighted by Crippen LogP contribution is -2.45. The molecule has 27 heavy (non-hydrogen) atoms. The maximum atomic E-state index is 4.28. The largest absolute Gasteiger partial charge is 0.297 e. The minimum Gasteiger partial charge on any atom is -0.297 e. The molecular weight excluding hydrogens is 332 g/mol. The van der Waals surface area contributed by atoms with Crippen molar-refractivity contribution >= 4 is 6.08 Å². The quantitative estimate of drug-likeness (QED) is 0.671. The highest BCUT2D eigenvalue weighted by molar-refractivity contribution is 5.48. The first-order valence-corrected chi connectivity index (χ1v) is 9.62. The van der Waals surface area contributed by atoms with Gasteiger partial charge in [-0.25, -0.2) is 4.68 Å². The minimum atomic E-state index is 1.02. The second-order valence-electron chi connectivity index (χ2n) is 7.01. The van der Waals surface area contributed by atoms with Crippen LogP contribution in [0, 0.1) is 0 Å². The van der Waals surface area contributed by atoms with Crippen molar-refractivity contribution < 1.29 is 0 Å². The molecule has 4 heteroatoms. The molecule has 0 unspecified atom stereocenters. The Kier molecular flexibility index (Phi) is 5.77. The zero-order valence-electron chi connectivity index (χ0n) is 15.6. The fraction of sp³-hybridized carbons (Fsp3) is 0.261. The first-order chi connectivity index (χ1) is 13.4. The third kappa shape index (κ3) is 4.94. The molecule has 1 fully saturated rings. The van der Waals surface area contributed by atoms with Crippen molar-refractivity contribution in [1.82, 2.24) is 19.6 Å². The van der Waals surface area contributed by atoms with E-state index in [-0.39, 0.29) is 0 Å². The normalized spacial score (nSPS) is 16.1. The molecule has 0 aliphatic carbocycles. The Morgan fingerprint density at radius 1 is 0.815 bits per heavy atom. The lowest BCUT2D eigenvalue weighted by atomic mass is 10.1. The predicted molar refractivity (Wildman–Crippen MR) is 111 cm³/mol. The van der Waals surface area contributed by atoms with Gasteiger partial charge in [-0.15, -0.1) is 0 Å². The SMILES string of the molecule is C(=C\c1ccccc1)/CN1CCN(Cc2ccc(-n3cccn3)cc2)CC1. The summed E-state index contributed by atoms with van der Waals surface area (Å²) in [5.41, 5.74) is 3.75. The van der Waals surface area contributed by atoms with Gasteiger partial charge in [0.25, 0.3) is 0 Å². The van der Waals surface area contributed by atoms with Crippen molar-refractivity contribution in [2.75, 3.05) is 32.7 Å². The molecule has 0 radical (unpaired) electrons. The van der Waals surface area contributed by atoms with E-state index in [1.807, 2.05) is 23.1 Å². The van der Waals surface area contributed by atoms with Crippen molar-refractivity contribution in [1.29, 1.82) is 0 Å². The van der Waals surface area contributed by atoms with Crippen LogP contribution < -0.4 is 0 Å². The van der Waals surface area contributed by atoms with Gasteiger partial charge < -0.3 is 0 Å². The van der Waals surface area contributed by atoms with Crippen molar-refractivity contribution in [2.24, 2.45) is 0 Å². The molecule has 0 atom stereocenters. The van der Waals surface area contributed by atoms with Gasteiger partial charge >= 0.3 is 0 Å². The van der Waals surface area contributed by atoms with Gasteiger partial charge in [0.15, 0.2) is 0 Å². The Labute approximate surface area is 161 Å². The second-order valence-corrected chi connectivity index (χ2v) is 7.01. The molecular formula is C23H26N4. The summed E-state index contributed by atoms with van der Waals surface area (Å²) in [5, 5.41) is 4.28. The molecule has 3 aromatic rings. The molecule has 1 saturated heterocycles. The van der Waals surface area contributed by atoms with Crippen molar-refractivity contribution in [3.63, 3.8) is 0 Å². The van der Waals surface area contributed by atoms with E-state index in [9.17, 15) is 0 Å². The molecule has 2 aromatic carbocycles. The summed E-state index contributed by atoms with van der Waals surface area (Å²) in [6.45, 7) is 6.56. The summed E-state index contributed by atoms with van der Waals surface area (Å²) in [6, 6.07) is 21.2. The molecule has 0 saturated carbocycles. The number of hydrogen-bond acceptors (Lipinski definition) is 3. The van der Waals surface area contributed by atoms with E-state index in [0.29, 0.717) is 0 Å². The van der Waals surface area contributed by atoms with Crippen molar-refractivity contribution in [3.05, 3.63) is 90.3 Å². The van der Waals surface area contributed by atoms with Gasteiger partial charge in [0.05, 0.1) is 5.69 Å². The average molecular weight is 358 g/mol. The van der Waals surface area contributed by atoms with Crippen molar-refractivity contribution in [3.8, 4) is 5.69 Å². The summed E-state index contributed by atoms with van der Waals surface area (Å²) in [6.07, 6.45) is 8.27. The van der Waals surface area contributed by atoms with Crippen LogP contribution >= 0.6 is 0 Å². The standard InChI is InChI=1S/C23H26N4/c1-2-6-21(7-3-1)8-4-14-25-16-18-26(19-17-25)20-22-9-11-23(12-10-22)27-15-5-13-24-27/h1-13,15H,14,16-20H2/b8-4+. The smallest absolute Gasteiger partial charge is 0.0645 e. The van der Waals surface area contributed by atoms with Crippen LogP contribution in [0.2, 0.25) is 0 Å². The summed E-state index contributed by atoms with van der Waals surface area (Å²) >= 11 is 0. The van der Waals surface area contributed by atoms with Crippen LogP contribution in [0.4, 0.5) is 0 Å². The van der Waals surface area contributed by atoms with Gasteiger partial charge in [0, 0.05) is 51.7 Å². The fourth-order valence-electron chi connectivity index (χ4n) is 3.47. The number of rotatable bonds is 6. The predicted octanol–water partition coefficient (Wildman–Crippen LogP) is 3.70. The molecule has 0 N–H and O–H groups in total. The molecule has 1 aromatic heterocycles. The van der Waals surface area contributed by atoms with Gasteiger partial charge in [-0.3, -0.25) is 9.80 Å². The second kappa shape index (κ2) is 8.80. The molecule has 4 rings (SSSR count). The fourth-order valence-corrected chi connectivity index (χ4v) is 3.47. The van der Waals surface area contributed by atoms with E-state index in [2.05, 4.69) is 81.6 Å². The van der Waals surface area contributed by atoms with Crippen molar-refractivity contribution in [2.45, 2.75) is 6.54 Å². The van der Waals surface area contributed by atoms with E-state index in [4.69, 9.17) is 0 Å². The summed E-state index contributed by atoms with van der Waals surface area (Å²) in [4.78, 5) is 5.07. The van der Waals surface area contributed by atoms with Crippen LogP contribution in [0.5, 0.6) is 0 Å². The third-order valence-electron chi connectivity index (χ3n) is 5.05. The molecule has 0 bridgehead atoms. The third-order valence-corrected chi connectivity index (χ3v) is 5.05. The first kappa shape index (κ1) is 17.7. The van der Waals surface area contributed by atoms with Gasteiger partial charge in [-0.2, -0.15) is 5.10 Å². The maximum Gasteiger partial charge on any atom is 0.0645 e. The van der Waals surface area contributed by atoms with Gasteiger partial charge in [0.1, 0.15) is 0 Å². The lowest BCUT2D eigenvalue weighted by Gasteiger charge is -2.34. The van der Waals surface area contributed by atoms with Crippen LogP contribution in [0.15, 0.2) is 79.1 Å². The van der Waals surface area contributed by atoms with E-state index in [0.717, 1.165) is 45.0 Å². The lowest BCUT2D eigenvalue weighted by molar-refractivity contribution is 0.137. The number of benzene rings is 2. The first-order valence-electron chi connectivity index (χ1n) is 9.62.